The van der Waals surface area contributed by atoms with Crippen LogP contribution in [-0.4, -0.2) is 19.1 Å². The van der Waals surface area contributed by atoms with E-state index in [9.17, 15) is 4.79 Å². The number of ether oxygens (including phenoxy) is 2. The van der Waals surface area contributed by atoms with Crippen LogP contribution in [0.4, 0.5) is 0 Å². The summed E-state index contributed by atoms with van der Waals surface area (Å²) in [6.07, 6.45) is 0. The molecule has 2 aromatic carbocycles. The number of nitrogens with one attached hydrogen (secondary N) is 1. The standard InChI is InChI=1S/C17H16BrNO3/c1-11(19-17(20)13-3-2-4-14(18)9-13)12-5-6-15-16(10-12)22-8-7-21-15/h2-6,9-11H,7-8H2,1H3,(H,19,20). The molecule has 1 atom stereocenters. The number of carbonyl (C=O) groups is 1. The summed E-state index contributed by atoms with van der Waals surface area (Å²) >= 11 is 3.37. The van der Waals surface area contributed by atoms with Crippen molar-refractivity contribution in [2.45, 2.75) is 13.0 Å². The SMILES string of the molecule is CC(NC(=O)c1cccc(Br)c1)c1ccc2c(c1)OCCO2. The van der Waals surface area contributed by atoms with Crippen LogP contribution in [0.25, 0.3) is 0 Å². The zero-order valence-corrected chi connectivity index (χ0v) is 13.7. The number of halogens is 1. The first-order chi connectivity index (χ1) is 10.6. The molecule has 0 aliphatic carbocycles. The quantitative estimate of drug-likeness (QED) is 0.906. The molecule has 0 bridgehead atoms. The lowest BCUT2D eigenvalue weighted by atomic mass is 10.1. The molecule has 114 valence electrons. The molecule has 0 fully saturated rings. The van der Waals surface area contributed by atoms with Crippen molar-refractivity contribution in [3.8, 4) is 11.5 Å². The van der Waals surface area contributed by atoms with Crippen molar-refractivity contribution in [2.24, 2.45) is 0 Å². The summed E-state index contributed by atoms with van der Waals surface area (Å²) in [5.41, 5.74) is 1.60. The highest BCUT2D eigenvalue weighted by molar-refractivity contribution is 9.10. The minimum atomic E-state index is -0.123. The van der Waals surface area contributed by atoms with Crippen molar-refractivity contribution in [1.29, 1.82) is 0 Å². The van der Waals surface area contributed by atoms with Gasteiger partial charge in [0.1, 0.15) is 13.2 Å². The fourth-order valence-corrected chi connectivity index (χ4v) is 2.72. The Morgan fingerprint density at radius 2 is 1.91 bits per heavy atom. The molecular weight excluding hydrogens is 346 g/mol. The molecule has 4 nitrogen and oxygen atoms in total. The van der Waals surface area contributed by atoms with Crippen molar-refractivity contribution in [3.05, 3.63) is 58.1 Å². The third kappa shape index (κ3) is 3.25. The first kappa shape index (κ1) is 14.9. The van der Waals surface area contributed by atoms with E-state index in [1.165, 1.54) is 0 Å². The Balaban J connectivity index is 1.74. The van der Waals surface area contributed by atoms with Gasteiger partial charge in [0.15, 0.2) is 11.5 Å². The van der Waals surface area contributed by atoms with Crippen LogP contribution in [0.1, 0.15) is 28.9 Å². The Bertz CT molecular complexity index is 702. The Hall–Kier alpha value is -2.01. The molecule has 5 heteroatoms. The van der Waals surface area contributed by atoms with Crippen LogP contribution >= 0.6 is 15.9 Å². The van der Waals surface area contributed by atoms with Gasteiger partial charge in [-0.1, -0.05) is 28.1 Å². The average Bonchev–Trinajstić information content (AvgIpc) is 2.54. The van der Waals surface area contributed by atoms with Gasteiger partial charge in [-0.25, -0.2) is 0 Å². The highest BCUT2D eigenvalue weighted by Gasteiger charge is 2.16. The molecule has 1 amide bonds. The maximum absolute atomic E-state index is 12.3. The molecule has 3 rings (SSSR count). The molecule has 0 aromatic heterocycles. The Kier molecular flexibility index (Phi) is 4.34. The van der Waals surface area contributed by atoms with Gasteiger partial charge >= 0.3 is 0 Å². The molecular formula is C17H16BrNO3. The van der Waals surface area contributed by atoms with E-state index in [2.05, 4.69) is 21.2 Å². The van der Waals surface area contributed by atoms with Gasteiger partial charge in [0.25, 0.3) is 5.91 Å². The third-order valence-corrected chi connectivity index (χ3v) is 3.99. The van der Waals surface area contributed by atoms with E-state index in [-0.39, 0.29) is 11.9 Å². The highest BCUT2D eigenvalue weighted by Crippen LogP contribution is 2.32. The van der Waals surface area contributed by atoms with E-state index in [0.29, 0.717) is 18.8 Å². The summed E-state index contributed by atoms with van der Waals surface area (Å²) < 4.78 is 12.0. The summed E-state index contributed by atoms with van der Waals surface area (Å²) in [6.45, 7) is 3.07. The number of rotatable bonds is 3. The summed E-state index contributed by atoms with van der Waals surface area (Å²) in [5.74, 6) is 1.37. The fraction of sp³-hybridized carbons (Fsp3) is 0.235. The van der Waals surface area contributed by atoms with Gasteiger partial charge in [0.2, 0.25) is 0 Å². The van der Waals surface area contributed by atoms with Crippen LogP contribution in [0.2, 0.25) is 0 Å². The lowest BCUT2D eigenvalue weighted by molar-refractivity contribution is 0.0939. The second-order valence-corrected chi connectivity index (χ2v) is 6.02. The zero-order chi connectivity index (χ0) is 15.5. The molecule has 0 saturated heterocycles. The first-order valence-corrected chi connectivity index (χ1v) is 7.89. The first-order valence-electron chi connectivity index (χ1n) is 7.09. The van der Waals surface area contributed by atoms with Crippen LogP contribution in [0.15, 0.2) is 46.9 Å². The Morgan fingerprint density at radius 3 is 2.68 bits per heavy atom. The fourth-order valence-electron chi connectivity index (χ4n) is 2.32. The van der Waals surface area contributed by atoms with Gasteiger partial charge in [0.05, 0.1) is 6.04 Å². The number of hydrogen-bond acceptors (Lipinski definition) is 3. The van der Waals surface area contributed by atoms with Crippen LogP contribution in [0.3, 0.4) is 0 Å². The molecule has 1 aliphatic rings. The van der Waals surface area contributed by atoms with Crippen molar-refractivity contribution in [1.82, 2.24) is 5.32 Å². The zero-order valence-electron chi connectivity index (χ0n) is 12.1. The van der Waals surface area contributed by atoms with Gasteiger partial charge in [-0.3, -0.25) is 4.79 Å². The Labute approximate surface area is 137 Å². The number of fused-ring (bicyclic) bond motifs is 1. The van der Waals surface area contributed by atoms with Crippen molar-refractivity contribution >= 4 is 21.8 Å². The van der Waals surface area contributed by atoms with Crippen molar-refractivity contribution in [3.63, 3.8) is 0 Å². The van der Waals surface area contributed by atoms with Crippen LogP contribution < -0.4 is 14.8 Å². The third-order valence-electron chi connectivity index (χ3n) is 3.50. The molecule has 0 saturated carbocycles. The minimum absolute atomic E-state index is 0.108. The number of amides is 1. The second kappa shape index (κ2) is 6.40. The number of hydrogen-bond donors (Lipinski definition) is 1. The molecule has 2 aromatic rings. The highest BCUT2D eigenvalue weighted by atomic mass is 79.9. The summed E-state index contributed by atoms with van der Waals surface area (Å²) in [5, 5.41) is 2.99. The number of benzene rings is 2. The van der Waals surface area contributed by atoms with Crippen LogP contribution in [-0.2, 0) is 0 Å². The second-order valence-electron chi connectivity index (χ2n) is 5.11. The van der Waals surface area contributed by atoms with E-state index in [1.54, 1.807) is 12.1 Å². The van der Waals surface area contributed by atoms with Crippen LogP contribution in [0, 0.1) is 0 Å². The van der Waals surface area contributed by atoms with Crippen molar-refractivity contribution in [2.75, 3.05) is 13.2 Å². The molecule has 0 spiro atoms. The monoisotopic (exact) mass is 361 g/mol. The summed E-state index contributed by atoms with van der Waals surface area (Å²) in [6, 6.07) is 12.9. The van der Waals surface area contributed by atoms with Gasteiger partial charge in [-0.2, -0.15) is 0 Å². The summed E-state index contributed by atoms with van der Waals surface area (Å²) in [7, 11) is 0. The lowest BCUT2D eigenvalue weighted by Gasteiger charge is -2.21. The van der Waals surface area contributed by atoms with Gasteiger partial charge in [0, 0.05) is 10.0 Å². The largest absolute Gasteiger partial charge is 0.486 e. The molecule has 1 N–H and O–H groups in total. The predicted octanol–water partition coefficient (Wildman–Crippen LogP) is 3.71. The average molecular weight is 362 g/mol. The Morgan fingerprint density at radius 1 is 1.14 bits per heavy atom. The van der Waals surface area contributed by atoms with E-state index >= 15 is 0 Å². The van der Waals surface area contributed by atoms with Gasteiger partial charge in [-0.05, 0) is 42.8 Å². The molecule has 22 heavy (non-hydrogen) atoms. The molecule has 1 heterocycles. The molecule has 1 unspecified atom stereocenters. The minimum Gasteiger partial charge on any atom is -0.486 e. The normalized spacial score (nSPS) is 14.3. The maximum Gasteiger partial charge on any atom is 0.251 e. The van der Waals surface area contributed by atoms with Crippen LogP contribution in [0.5, 0.6) is 11.5 Å². The maximum atomic E-state index is 12.3. The van der Waals surface area contributed by atoms with E-state index in [0.717, 1.165) is 21.5 Å². The molecule has 0 radical (unpaired) electrons. The molecule has 1 aliphatic heterocycles. The van der Waals surface area contributed by atoms with Gasteiger partial charge < -0.3 is 14.8 Å². The van der Waals surface area contributed by atoms with Gasteiger partial charge in [-0.15, -0.1) is 0 Å². The predicted molar refractivity (Wildman–Crippen MR) is 87.5 cm³/mol. The van der Waals surface area contributed by atoms with E-state index in [1.807, 2.05) is 37.3 Å². The smallest absolute Gasteiger partial charge is 0.251 e. The van der Waals surface area contributed by atoms with E-state index < -0.39 is 0 Å². The van der Waals surface area contributed by atoms with E-state index in [4.69, 9.17) is 9.47 Å². The topological polar surface area (TPSA) is 47.6 Å². The van der Waals surface area contributed by atoms with Crippen molar-refractivity contribution < 1.29 is 14.3 Å². The lowest BCUT2D eigenvalue weighted by Crippen LogP contribution is -2.26. The number of carbonyl (C=O) groups excluding carboxylic acids is 1. The summed E-state index contributed by atoms with van der Waals surface area (Å²) in [4.78, 5) is 12.3.